The fourth-order valence-corrected chi connectivity index (χ4v) is 3.68. The largest absolute Gasteiger partial charge is 0.304 e. The highest BCUT2D eigenvalue weighted by atomic mass is 15.2. The van der Waals surface area contributed by atoms with Gasteiger partial charge in [-0.15, -0.1) is 0 Å². The van der Waals surface area contributed by atoms with E-state index in [-0.39, 0.29) is 0 Å². The predicted octanol–water partition coefficient (Wildman–Crippen LogP) is 3.83. The Hall–Kier alpha value is -2.20. The summed E-state index contributed by atoms with van der Waals surface area (Å²) in [6.45, 7) is 5.79. The molecule has 24 heavy (non-hydrogen) atoms. The van der Waals surface area contributed by atoms with Gasteiger partial charge in [0.2, 0.25) is 0 Å². The van der Waals surface area contributed by atoms with E-state index in [1.807, 2.05) is 24.1 Å². The van der Waals surface area contributed by atoms with Crippen LogP contribution in [0.3, 0.4) is 0 Å². The second-order valence-electron chi connectivity index (χ2n) is 6.78. The van der Waals surface area contributed by atoms with Crippen molar-refractivity contribution in [2.45, 2.75) is 25.7 Å². The van der Waals surface area contributed by atoms with Crippen molar-refractivity contribution in [1.82, 2.24) is 19.7 Å². The molecule has 0 radical (unpaired) electrons. The maximum Gasteiger partial charge on any atom is 0.0568 e. The summed E-state index contributed by atoms with van der Waals surface area (Å²) < 4.78 is 1.85. The number of aryl methyl sites for hydroxylation is 1. The van der Waals surface area contributed by atoms with Crippen molar-refractivity contribution in [3.05, 3.63) is 48.5 Å². The topological polar surface area (TPSA) is 34.0 Å². The van der Waals surface area contributed by atoms with Gasteiger partial charge in [-0.1, -0.05) is 19.1 Å². The van der Waals surface area contributed by atoms with E-state index in [1.165, 1.54) is 48.0 Å². The van der Waals surface area contributed by atoms with E-state index in [0.29, 0.717) is 5.92 Å². The molecule has 0 atom stereocenters. The minimum atomic E-state index is 0.597. The summed E-state index contributed by atoms with van der Waals surface area (Å²) >= 11 is 0. The summed E-state index contributed by atoms with van der Waals surface area (Å²) in [6.07, 6.45) is 8.45. The van der Waals surface area contributed by atoms with Crippen LogP contribution in [0.1, 0.15) is 31.4 Å². The zero-order valence-electron chi connectivity index (χ0n) is 14.4. The third-order valence-electron chi connectivity index (χ3n) is 5.23. The number of pyridine rings is 1. The minimum absolute atomic E-state index is 0.597. The third kappa shape index (κ3) is 2.94. The number of nitrogens with zero attached hydrogens (tertiary/aromatic N) is 4. The third-order valence-corrected chi connectivity index (χ3v) is 5.23. The maximum absolute atomic E-state index is 4.75. The first-order chi connectivity index (χ1) is 11.7. The highest BCUT2D eigenvalue weighted by Gasteiger charge is 2.20. The molecule has 1 aliphatic rings. The molecule has 0 aliphatic carbocycles. The Kier molecular flexibility index (Phi) is 4.07. The molecule has 0 N–H and O–H groups in total. The van der Waals surface area contributed by atoms with Crippen LogP contribution in [0.4, 0.5) is 0 Å². The number of aromatic nitrogens is 3. The molecule has 4 rings (SSSR count). The molecule has 0 unspecified atom stereocenters. The van der Waals surface area contributed by atoms with Gasteiger partial charge in [-0.05, 0) is 55.6 Å². The predicted molar refractivity (Wildman–Crippen MR) is 98.0 cm³/mol. The summed E-state index contributed by atoms with van der Waals surface area (Å²) in [6, 6.07) is 8.87. The van der Waals surface area contributed by atoms with Gasteiger partial charge in [0.25, 0.3) is 0 Å². The first-order valence-corrected chi connectivity index (χ1v) is 8.84. The van der Waals surface area contributed by atoms with Gasteiger partial charge in [-0.2, -0.15) is 5.10 Å². The first kappa shape index (κ1) is 15.3. The van der Waals surface area contributed by atoms with Crippen molar-refractivity contribution in [3.8, 4) is 11.1 Å². The Morgan fingerprint density at radius 1 is 1.04 bits per heavy atom. The van der Waals surface area contributed by atoms with Crippen molar-refractivity contribution in [1.29, 1.82) is 0 Å². The summed E-state index contributed by atoms with van der Waals surface area (Å²) in [5.41, 5.74) is 3.63. The number of hydrogen-bond donors (Lipinski definition) is 0. The standard InChI is InChI=1S/C20H24N4/c1-3-24-8-6-15(7-9-24)20-11-18-10-16(4-5-17(18)12-21-20)19-13-22-23(2)14-19/h4-5,10-15H,3,6-9H2,1-2H3. The second-order valence-corrected chi connectivity index (χ2v) is 6.78. The van der Waals surface area contributed by atoms with Crippen LogP contribution in [0.15, 0.2) is 42.9 Å². The molecule has 124 valence electrons. The first-order valence-electron chi connectivity index (χ1n) is 8.84. The molecule has 4 nitrogen and oxygen atoms in total. The highest BCUT2D eigenvalue weighted by molar-refractivity contribution is 5.86. The van der Waals surface area contributed by atoms with E-state index in [0.717, 1.165) is 12.1 Å². The fraction of sp³-hybridized carbons (Fsp3) is 0.400. The van der Waals surface area contributed by atoms with E-state index >= 15 is 0 Å². The molecule has 3 aromatic rings. The number of hydrogen-bond acceptors (Lipinski definition) is 3. The number of fused-ring (bicyclic) bond motifs is 1. The van der Waals surface area contributed by atoms with Gasteiger partial charge in [0.05, 0.1) is 6.20 Å². The zero-order chi connectivity index (χ0) is 16.5. The molecule has 4 heteroatoms. The number of piperidine rings is 1. The Morgan fingerprint density at radius 3 is 2.58 bits per heavy atom. The van der Waals surface area contributed by atoms with Crippen LogP contribution < -0.4 is 0 Å². The van der Waals surface area contributed by atoms with Crippen molar-refractivity contribution in [2.75, 3.05) is 19.6 Å². The van der Waals surface area contributed by atoms with Crippen LogP contribution in [-0.2, 0) is 7.05 Å². The number of rotatable bonds is 3. The van der Waals surface area contributed by atoms with Crippen molar-refractivity contribution in [3.63, 3.8) is 0 Å². The molecule has 1 saturated heterocycles. The van der Waals surface area contributed by atoms with E-state index in [9.17, 15) is 0 Å². The van der Waals surface area contributed by atoms with Gasteiger partial charge in [0.1, 0.15) is 0 Å². The molecular weight excluding hydrogens is 296 g/mol. The van der Waals surface area contributed by atoms with Crippen molar-refractivity contribution in [2.24, 2.45) is 7.05 Å². The average molecular weight is 320 g/mol. The van der Waals surface area contributed by atoms with E-state index in [4.69, 9.17) is 4.98 Å². The lowest BCUT2D eigenvalue weighted by Gasteiger charge is -2.30. The Balaban J connectivity index is 1.64. The molecule has 0 saturated carbocycles. The van der Waals surface area contributed by atoms with Crippen LogP contribution in [0, 0.1) is 0 Å². The maximum atomic E-state index is 4.75. The fourth-order valence-electron chi connectivity index (χ4n) is 3.68. The van der Waals surface area contributed by atoms with E-state index < -0.39 is 0 Å². The highest BCUT2D eigenvalue weighted by Crippen LogP contribution is 2.30. The van der Waals surface area contributed by atoms with Crippen LogP contribution in [0.25, 0.3) is 21.9 Å². The normalized spacial score (nSPS) is 16.8. The van der Waals surface area contributed by atoms with Gasteiger partial charge >= 0.3 is 0 Å². The Bertz CT molecular complexity index is 844. The molecule has 2 aromatic heterocycles. The van der Waals surface area contributed by atoms with E-state index in [2.05, 4.69) is 47.4 Å². The van der Waals surface area contributed by atoms with Gasteiger partial charge < -0.3 is 4.90 Å². The summed E-state index contributed by atoms with van der Waals surface area (Å²) in [5.74, 6) is 0.597. The zero-order valence-corrected chi connectivity index (χ0v) is 14.4. The minimum Gasteiger partial charge on any atom is -0.304 e. The number of benzene rings is 1. The van der Waals surface area contributed by atoms with Gasteiger partial charge in [-0.3, -0.25) is 9.67 Å². The molecule has 1 aliphatic heterocycles. The van der Waals surface area contributed by atoms with Crippen molar-refractivity contribution >= 4 is 10.8 Å². The molecule has 1 fully saturated rings. The second kappa shape index (κ2) is 6.36. The molecule has 0 bridgehead atoms. The lowest BCUT2D eigenvalue weighted by atomic mass is 9.92. The molecule has 0 amide bonds. The molecule has 1 aromatic carbocycles. The molecular formula is C20H24N4. The lowest BCUT2D eigenvalue weighted by molar-refractivity contribution is 0.221. The lowest BCUT2D eigenvalue weighted by Crippen LogP contribution is -2.32. The van der Waals surface area contributed by atoms with Gasteiger partial charge in [-0.25, -0.2) is 0 Å². The molecule has 3 heterocycles. The Labute approximate surface area is 143 Å². The summed E-state index contributed by atoms with van der Waals surface area (Å²) in [7, 11) is 1.95. The summed E-state index contributed by atoms with van der Waals surface area (Å²) in [4.78, 5) is 7.28. The smallest absolute Gasteiger partial charge is 0.0568 e. The van der Waals surface area contributed by atoms with Crippen LogP contribution >= 0.6 is 0 Å². The number of likely N-dealkylation sites (tertiary alicyclic amines) is 1. The van der Waals surface area contributed by atoms with E-state index in [1.54, 1.807) is 0 Å². The quantitative estimate of drug-likeness (QED) is 0.735. The van der Waals surface area contributed by atoms with Crippen LogP contribution in [-0.4, -0.2) is 39.3 Å². The SMILES string of the molecule is CCN1CCC(c2cc3cc(-c4cnn(C)c4)ccc3cn2)CC1. The van der Waals surface area contributed by atoms with Crippen LogP contribution in [0.5, 0.6) is 0 Å². The van der Waals surface area contributed by atoms with Crippen molar-refractivity contribution < 1.29 is 0 Å². The van der Waals surface area contributed by atoms with Crippen LogP contribution in [0.2, 0.25) is 0 Å². The Morgan fingerprint density at radius 2 is 1.88 bits per heavy atom. The van der Waals surface area contributed by atoms with Gasteiger partial charge in [0.15, 0.2) is 0 Å². The summed E-state index contributed by atoms with van der Waals surface area (Å²) in [5, 5.41) is 6.76. The average Bonchev–Trinajstić information content (AvgIpc) is 3.07. The van der Waals surface area contributed by atoms with Gasteiger partial charge in [0, 0.05) is 42.0 Å². The monoisotopic (exact) mass is 320 g/mol. The molecule has 0 spiro atoms.